The molecule has 0 bridgehead atoms. The first kappa shape index (κ1) is 19.3. The first-order valence-electron chi connectivity index (χ1n) is 8.47. The number of aryl methyl sites for hydroxylation is 1. The Balaban J connectivity index is 1.58. The Kier molecular flexibility index (Phi) is 7.49. The summed E-state index contributed by atoms with van der Waals surface area (Å²) < 4.78 is 10.6. The minimum absolute atomic E-state index is 0.00754. The summed E-state index contributed by atoms with van der Waals surface area (Å²) in [5, 5.41) is 5.35. The highest BCUT2D eigenvalue weighted by molar-refractivity contribution is 5.96. The maximum absolute atomic E-state index is 12.0. The molecule has 6 nitrogen and oxygen atoms in total. The van der Waals surface area contributed by atoms with E-state index in [1.807, 2.05) is 19.1 Å². The molecule has 2 rings (SSSR count). The van der Waals surface area contributed by atoms with Crippen LogP contribution in [0.5, 0.6) is 11.5 Å². The van der Waals surface area contributed by atoms with Crippen LogP contribution in [0.4, 0.5) is 4.79 Å². The standard InChI is InChI=1S/C20H24N2O4/c1-15-3-5-16(6-4-15)19(23)11-12-21-20(24)22-13-14-26-18-9-7-17(25-2)8-10-18/h3-10H,11-14H2,1-2H3,(H2,21,22,24). The number of urea groups is 1. The zero-order valence-corrected chi connectivity index (χ0v) is 15.1. The fraction of sp³-hybridized carbons (Fsp3) is 0.300. The smallest absolute Gasteiger partial charge is 0.314 e. The van der Waals surface area contributed by atoms with Gasteiger partial charge in [0.05, 0.1) is 13.7 Å². The number of carbonyl (C=O) groups excluding carboxylic acids is 2. The van der Waals surface area contributed by atoms with Crippen molar-refractivity contribution >= 4 is 11.8 Å². The van der Waals surface area contributed by atoms with Gasteiger partial charge in [-0.15, -0.1) is 0 Å². The summed E-state index contributed by atoms with van der Waals surface area (Å²) >= 11 is 0. The number of ether oxygens (including phenoxy) is 2. The van der Waals surface area contributed by atoms with Gasteiger partial charge in [-0.25, -0.2) is 4.79 Å². The zero-order chi connectivity index (χ0) is 18.8. The quantitative estimate of drug-likeness (QED) is 0.535. The van der Waals surface area contributed by atoms with Crippen LogP contribution in [0.2, 0.25) is 0 Å². The molecule has 0 aliphatic rings. The number of amides is 2. The molecule has 0 aliphatic heterocycles. The molecule has 0 aromatic heterocycles. The third-order valence-corrected chi connectivity index (χ3v) is 3.73. The van der Waals surface area contributed by atoms with Gasteiger partial charge in [-0.05, 0) is 31.2 Å². The lowest BCUT2D eigenvalue weighted by atomic mass is 10.1. The predicted molar refractivity (Wildman–Crippen MR) is 100 cm³/mol. The second-order valence-corrected chi connectivity index (χ2v) is 5.75. The first-order chi connectivity index (χ1) is 12.6. The highest BCUT2D eigenvalue weighted by atomic mass is 16.5. The maximum atomic E-state index is 12.0. The van der Waals surface area contributed by atoms with Crippen LogP contribution >= 0.6 is 0 Å². The van der Waals surface area contributed by atoms with Crippen molar-refractivity contribution < 1.29 is 19.1 Å². The third kappa shape index (κ3) is 6.47. The lowest BCUT2D eigenvalue weighted by molar-refractivity contribution is 0.0983. The van der Waals surface area contributed by atoms with E-state index < -0.39 is 0 Å². The molecule has 2 aromatic carbocycles. The summed E-state index contributed by atoms with van der Waals surface area (Å²) in [6.45, 7) is 2.97. The lowest BCUT2D eigenvalue weighted by Gasteiger charge is -2.09. The van der Waals surface area contributed by atoms with Crippen molar-refractivity contribution in [3.63, 3.8) is 0 Å². The zero-order valence-electron chi connectivity index (χ0n) is 15.1. The van der Waals surface area contributed by atoms with E-state index in [0.29, 0.717) is 24.5 Å². The van der Waals surface area contributed by atoms with E-state index in [4.69, 9.17) is 9.47 Å². The van der Waals surface area contributed by atoms with Crippen molar-refractivity contribution in [3.05, 3.63) is 59.7 Å². The largest absolute Gasteiger partial charge is 0.497 e. The van der Waals surface area contributed by atoms with Gasteiger partial charge in [0, 0.05) is 18.5 Å². The molecule has 0 saturated carbocycles. The highest BCUT2D eigenvalue weighted by Crippen LogP contribution is 2.16. The second kappa shape index (κ2) is 10.1. The number of rotatable bonds is 9. The topological polar surface area (TPSA) is 76.7 Å². The molecule has 0 radical (unpaired) electrons. The van der Waals surface area contributed by atoms with Crippen LogP contribution in [0.15, 0.2) is 48.5 Å². The Morgan fingerprint density at radius 2 is 1.50 bits per heavy atom. The number of Topliss-reactive ketones (excluding diaryl/α,β-unsaturated/α-hetero) is 1. The average molecular weight is 356 g/mol. The number of benzene rings is 2. The molecule has 0 aliphatic carbocycles. The van der Waals surface area contributed by atoms with Crippen LogP contribution in [0, 0.1) is 6.92 Å². The Morgan fingerprint density at radius 3 is 2.15 bits per heavy atom. The van der Waals surface area contributed by atoms with Crippen LogP contribution in [-0.4, -0.2) is 38.6 Å². The van der Waals surface area contributed by atoms with E-state index in [9.17, 15) is 9.59 Å². The van der Waals surface area contributed by atoms with Crippen LogP contribution in [0.1, 0.15) is 22.3 Å². The van der Waals surface area contributed by atoms with E-state index in [1.54, 1.807) is 43.5 Å². The molecule has 0 atom stereocenters. The Morgan fingerprint density at radius 1 is 0.885 bits per heavy atom. The number of carbonyl (C=O) groups is 2. The molecule has 0 saturated heterocycles. The number of methoxy groups -OCH3 is 1. The number of nitrogens with one attached hydrogen (secondary N) is 2. The molecule has 0 unspecified atom stereocenters. The van der Waals surface area contributed by atoms with Crippen molar-refractivity contribution in [2.45, 2.75) is 13.3 Å². The molecule has 2 amide bonds. The molecule has 138 valence electrons. The maximum Gasteiger partial charge on any atom is 0.314 e. The van der Waals surface area contributed by atoms with Gasteiger partial charge in [-0.2, -0.15) is 0 Å². The fourth-order valence-corrected chi connectivity index (χ4v) is 2.24. The van der Waals surface area contributed by atoms with Gasteiger partial charge in [0.15, 0.2) is 5.78 Å². The molecule has 26 heavy (non-hydrogen) atoms. The van der Waals surface area contributed by atoms with Crippen molar-refractivity contribution in [2.75, 3.05) is 26.8 Å². The SMILES string of the molecule is COc1ccc(OCCNC(=O)NCCC(=O)c2ccc(C)cc2)cc1. The Hall–Kier alpha value is -3.02. The summed E-state index contributed by atoms with van der Waals surface area (Å²) in [4.78, 5) is 23.7. The summed E-state index contributed by atoms with van der Waals surface area (Å²) in [5.41, 5.74) is 1.77. The van der Waals surface area contributed by atoms with Crippen molar-refractivity contribution in [2.24, 2.45) is 0 Å². The number of ketones is 1. The van der Waals surface area contributed by atoms with Gasteiger partial charge >= 0.3 is 6.03 Å². The molecular formula is C20H24N2O4. The van der Waals surface area contributed by atoms with Gasteiger partial charge in [0.2, 0.25) is 0 Å². The van der Waals surface area contributed by atoms with Gasteiger partial charge in [-0.3, -0.25) is 4.79 Å². The molecular weight excluding hydrogens is 332 g/mol. The van der Waals surface area contributed by atoms with E-state index in [0.717, 1.165) is 11.3 Å². The van der Waals surface area contributed by atoms with Crippen molar-refractivity contribution in [1.82, 2.24) is 10.6 Å². The van der Waals surface area contributed by atoms with Crippen LogP contribution in [0.25, 0.3) is 0 Å². The highest BCUT2D eigenvalue weighted by Gasteiger charge is 2.06. The van der Waals surface area contributed by atoms with Gasteiger partial charge in [0.1, 0.15) is 18.1 Å². The molecule has 0 spiro atoms. The molecule has 2 aromatic rings. The number of hydrogen-bond donors (Lipinski definition) is 2. The Bertz CT molecular complexity index is 712. The van der Waals surface area contributed by atoms with E-state index in [2.05, 4.69) is 10.6 Å². The number of hydrogen-bond acceptors (Lipinski definition) is 4. The van der Waals surface area contributed by atoms with E-state index in [1.165, 1.54) is 0 Å². The summed E-state index contributed by atoms with van der Waals surface area (Å²) in [6.07, 6.45) is 0.263. The predicted octanol–water partition coefficient (Wildman–Crippen LogP) is 2.95. The summed E-state index contributed by atoms with van der Waals surface area (Å²) in [7, 11) is 1.60. The van der Waals surface area contributed by atoms with Crippen LogP contribution in [-0.2, 0) is 0 Å². The molecule has 6 heteroatoms. The molecule has 0 heterocycles. The average Bonchev–Trinajstić information content (AvgIpc) is 2.66. The monoisotopic (exact) mass is 356 g/mol. The van der Waals surface area contributed by atoms with Crippen LogP contribution < -0.4 is 20.1 Å². The van der Waals surface area contributed by atoms with Crippen molar-refractivity contribution in [3.8, 4) is 11.5 Å². The minimum atomic E-state index is -0.319. The van der Waals surface area contributed by atoms with E-state index in [-0.39, 0.29) is 24.8 Å². The summed E-state index contributed by atoms with van der Waals surface area (Å²) in [5.74, 6) is 1.47. The lowest BCUT2D eigenvalue weighted by Crippen LogP contribution is -2.38. The second-order valence-electron chi connectivity index (χ2n) is 5.75. The van der Waals surface area contributed by atoms with Crippen molar-refractivity contribution in [1.29, 1.82) is 0 Å². The van der Waals surface area contributed by atoms with Crippen LogP contribution in [0.3, 0.4) is 0 Å². The van der Waals surface area contributed by atoms with Gasteiger partial charge in [0.25, 0.3) is 0 Å². The third-order valence-electron chi connectivity index (χ3n) is 3.73. The van der Waals surface area contributed by atoms with Gasteiger partial charge < -0.3 is 20.1 Å². The first-order valence-corrected chi connectivity index (χ1v) is 8.47. The minimum Gasteiger partial charge on any atom is -0.497 e. The normalized spacial score (nSPS) is 10.1. The van der Waals surface area contributed by atoms with Gasteiger partial charge in [-0.1, -0.05) is 29.8 Å². The molecule has 0 fully saturated rings. The Labute approximate surface area is 153 Å². The fourth-order valence-electron chi connectivity index (χ4n) is 2.24. The molecule has 2 N–H and O–H groups in total. The summed E-state index contributed by atoms with van der Waals surface area (Å²) in [6, 6.07) is 14.3. The van der Waals surface area contributed by atoms with E-state index >= 15 is 0 Å².